The van der Waals surface area contributed by atoms with Crippen LogP contribution in [0.1, 0.15) is 45.8 Å². The highest BCUT2D eigenvalue weighted by Crippen LogP contribution is 2.46. The largest absolute Gasteiger partial charge is 0.492 e. The van der Waals surface area contributed by atoms with E-state index in [9.17, 15) is 4.79 Å². The first-order valence-electron chi connectivity index (χ1n) is 11.0. The summed E-state index contributed by atoms with van der Waals surface area (Å²) in [5.41, 5.74) is 3.45. The van der Waals surface area contributed by atoms with E-state index in [1.807, 2.05) is 42.3 Å². The zero-order valence-electron chi connectivity index (χ0n) is 18.2. The Labute approximate surface area is 188 Å². The zero-order chi connectivity index (χ0) is 22.0. The van der Waals surface area contributed by atoms with Crippen LogP contribution in [0, 0.1) is 11.8 Å². The Morgan fingerprint density at radius 2 is 1.88 bits per heavy atom. The lowest BCUT2D eigenvalue weighted by Gasteiger charge is -2.38. The van der Waals surface area contributed by atoms with Crippen molar-refractivity contribution in [2.45, 2.75) is 24.8 Å². The average Bonchev–Trinajstić information content (AvgIpc) is 3.44. The van der Waals surface area contributed by atoms with Crippen LogP contribution in [0.25, 0.3) is 0 Å². The number of benzene rings is 2. The fraction of sp³-hybridized carbons (Fsp3) is 0.296. The number of hydrogen-bond donors (Lipinski definition) is 1. The Bertz CT molecular complexity index is 1180. The van der Waals surface area contributed by atoms with Gasteiger partial charge >= 0.3 is 0 Å². The van der Waals surface area contributed by atoms with E-state index in [0.717, 1.165) is 30.7 Å². The second-order valence-electron chi connectivity index (χ2n) is 8.50. The van der Waals surface area contributed by atoms with Gasteiger partial charge in [-0.1, -0.05) is 36.3 Å². The van der Waals surface area contributed by atoms with Gasteiger partial charge in [-0.3, -0.25) is 4.79 Å². The van der Waals surface area contributed by atoms with Gasteiger partial charge in [-0.15, -0.1) is 0 Å². The molecule has 32 heavy (non-hydrogen) atoms. The summed E-state index contributed by atoms with van der Waals surface area (Å²) in [5.74, 6) is 7.81. The molecule has 5 rings (SSSR count). The number of likely N-dealkylation sites (tertiary alicyclic amines) is 1. The number of rotatable bonds is 3. The maximum atomic E-state index is 13.0. The third-order valence-corrected chi connectivity index (χ3v) is 6.43. The van der Waals surface area contributed by atoms with Crippen molar-refractivity contribution in [1.82, 2.24) is 10.2 Å². The topological polar surface area (TPSA) is 54.7 Å². The number of ether oxygens (including phenoxy) is 1. The molecule has 0 bridgehead atoms. The van der Waals surface area contributed by atoms with E-state index in [-0.39, 0.29) is 11.3 Å². The lowest BCUT2D eigenvalue weighted by Crippen LogP contribution is -2.46. The van der Waals surface area contributed by atoms with Crippen molar-refractivity contribution in [3.63, 3.8) is 0 Å². The van der Waals surface area contributed by atoms with Gasteiger partial charge in [0.1, 0.15) is 5.75 Å². The average molecular weight is 427 g/mol. The number of hydrogen-bond acceptors (Lipinski definition) is 4. The maximum absolute atomic E-state index is 13.0. The van der Waals surface area contributed by atoms with Crippen molar-refractivity contribution in [1.29, 1.82) is 0 Å². The Morgan fingerprint density at radius 1 is 1.06 bits per heavy atom. The smallest absolute Gasteiger partial charge is 0.289 e. The molecule has 3 heterocycles. The van der Waals surface area contributed by atoms with Crippen LogP contribution in [-0.4, -0.2) is 37.6 Å². The first-order chi connectivity index (χ1) is 15.7. The number of nitrogens with zero attached hydrogens (tertiary/aromatic N) is 1. The van der Waals surface area contributed by atoms with E-state index >= 15 is 0 Å². The maximum Gasteiger partial charge on any atom is 0.289 e. The third-order valence-electron chi connectivity index (χ3n) is 6.43. The van der Waals surface area contributed by atoms with Crippen molar-refractivity contribution in [2.75, 3.05) is 26.7 Å². The van der Waals surface area contributed by atoms with E-state index in [0.29, 0.717) is 31.2 Å². The summed E-state index contributed by atoms with van der Waals surface area (Å²) in [5, 5.41) is 3.21. The minimum atomic E-state index is -0.0734. The fourth-order valence-electron chi connectivity index (χ4n) is 4.61. The molecule has 162 valence electrons. The van der Waals surface area contributed by atoms with Crippen LogP contribution in [0.2, 0.25) is 0 Å². The molecule has 1 saturated heterocycles. The molecule has 5 nitrogen and oxygen atoms in total. The highest BCUT2D eigenvalue weighted by atomic mass is 16.5. The van der Waals surface area contributed by atoms with Crippen molar-refractivity contribution < 1.29 is 13.9 Å². The van der Waals surface area contributed by atoms with Crippen LogP contribution in [0.5, 0.6) is 5.75 Å². The number of fused-ring (bicyclic) bond motifs is 2. The molecule has 1 spiro atoms. The van der Waals surface area contributed by atoms with Crippen LogP contribution < -0.4 is 10.1 Å². The summed E-state index contributed by atoms with van der Waals surface area (Å²) >= 11 is 0. The van der Waals surface area contributed by atoms with Gasteiger partial charge in [0.05, 0.1) is 6.61 Å². The van der Waals surface area contributed by atoms with Crippen LogP contribution in [0.15, 0.2) is 65.1 Å². The zero-order valence-corrected chi connectivity index (χ0v) is 18.2. The van der Waals surface area contributed by atoms with Crippen LogP contribution in [0.3, 0.4) is 0 Å². The van der Waals surface area contributed by atoms with Gasteiger partial charge < -0.3 is 19.4 Å². The lowest BCUT2D eigenvalue weighted by molar-refractivity contribution is 0.0615. The Morgan fingerprint density at radius 3 is 2.66 bits per heavy atom. The number of carbonyl (C=O) groups excluding carboxylic acids is 1. The highest BCUT2D eigenvalue weighted by Gasteiger charge is 2.44. The third kappa shape index (κ3) is 3.90. The molecule has 2 aliphatic rings. The molecular weight excluding hydrogens is 400 g/mol. The molecule has 1 aromatic heterocycles. The molecule has 2 aliphatic heterocycles. The van der Waals surface area contributed by atoms with Gasteiger partial charge in [-0.25, -0.2) is 0 Å². The molecule has 5 heteroatoms. The normalized spacial score (nSPS) is 16.2. The van der Waals surface area contributed by atoms with Crippen molar-refractivity contribution >= 4 is 5.91 Å². The Balaban J connectivity index is 1.26. The minimum Gasteiger partial charge on any atom is -0.492 e. The number of nitrogens with one attached hydrogen (secondary N) is 1. The molecule has 0 atom stereocenters. The van der Waals surface area contributed by atoms with E-state index in [2.05, 4.69) is 35.4 Å². The summed E-state index contributed by atoms with van der Waals surface area (Å²) in [6, 6.07) is 19.7. The van der Waals surface area contributed by atoms with Crippen LogP contribution >= 0.6 is 0 Å². The van der Waals surface area contributed by atoms with Gasteiger partial charge in [0.25, 0.3) is 5.91 Å². The van der Waals surface area contributed by atoms with E-state index in [1.165, 1.54) is 11.1 Å². The number of carbonyl (C=O) groups is 1. The summed E-state index contributed by atoms with van der Waals surface area (Å²) in [6.07, 6.45) is 1.77. The molecule has 1 fully saturated rings. The second-order valence-corrected chi connectivity index (χ2v) is 8.50. The molecule has 1 N–H and O–H groups in total. The van der Waals surface area contributed by atoms with Gasteiger partial charge in [-0.05, 0) is 61.7 Å². The summed E-state index contributed by atoms with van der Waals surface area (Å²) in [6.45, 7) is 2.89. The Hall–Kier alpha value is -3.49. The van der Waals surface area contributed by atoms with E-state index < -0.39 is 0 Å². The first-order valence-corrected chi connectivity index (χ1v) is 11.0. The van der Waals surface area contributed by atoms with E-state index in [4.69, 9.17) is 9.15 Å². The minimum absolute atomic E-state index is 0.00858. The number of piperidine rings is 1. The lowest BCUT2D eigenvalue weighted by atomic mass is 9.74. The predicted molar refractivity (Wildman–Crippen MR) is 123 cm³/mol. The molecule has 3 aromatic rings. The van der Waals surface area contributed by atoms with Crippen molar-refractivity contribution in [3.8, 4) is 17.6 Å². The van der Waals surface area contributed by atoms with Gasteiger partial charge in [0.15, 0.2) is 11.5 Å². The molecule has 1 amide bonds. The molecular formula is C27H26N2O3. The number of amides is 1. The van der Waals surface area contributed by atoms with Crippen LogP contribution in [-0.2, 0) is 12.0 Å². The summed E-state index contributed by atoms with van der Waals surface area (Å²) < 4.78 is 11.8. The van der Waals surface area contributed by atoms with E-state index in [1.54, 1.807) is 12.1 Å². The molecule has 0 unspecified atom stereocenters. The summed E-state index contributed by atoms with van der Waals surface area (Å²) in [7, 11) is 1.96. The molecule has 0 aliphatic carbocycles. The van der Waals surface area contributed by atoms with Crippen LogP contribution in [0.4, 0.5) is 0 Å². The second kappa shape index (κ2) is 8.57. The highest BCUT2D eigenvalue weighted by molar-refractivity contribution is 5.91. The standard InChI is InChI=1S/C27H26N2O3/c1-28-18-21-8-11-24-23(17-21)27(19-31-24)13-15-29(16-14-27)26(30)25-12-10-22(32-25)9-7-20-5-3-2-4-6-20/h2-6,8,10-12,17,28H,13-16,18-19H2,1H3. The first kappa shape index (κ1) is 20.4. The fourth-order valence-corrected chi connectivity index (χ4v) is 4.61. The monoisotopic (exact) mass is 426 g/mol. The number of furan rings is 1. The molecule has 2 aromatic carbocycles. The molecule has 0 saturated carbocycles. The molecule has 0 radical (unpaired) electrons. The van der Waals surface area contributed by atoms with Crippen molar-refractivity contribution in [3.05, 3.63) is 88.9 Å². The van der Waals surface area contributed by atoms with Crippen molar-refractivity contribution in [2.24, 2.45) is 0 Å². The van der Waals surface area contributed by atoms with Gasteiger partial charge in [0.2, 0.25) is 0 Å². The Kier molecular flexibility index (Phi) is 5.46. The van der Waals surface area contributed by atoms with Gasteiger partial charge in [0, 0.05) is 36.2 Å². The van der Waals surface area contributed by atoms with Gasteiger partial charge in [-0.2, -0.15) is 0 Å². The predicted octanol–water partition coefficient (Wildman–Crippen LogP) is 3.97. The summed E-state index contributed by atoms with van der Waals surface area (Å²) in [4.78, 5) is 14.9. The quantitative estimate of drug-likeness (QED) is 0.644. The SMILES string of the molecule is CNCc1ccc2c(c1)C1(CCN(C(=O)c3ccc(C#Cc4ccccc4)o3)CC1)CO2.